The molecule has 4 aromatic rings. The van der Waals surface area contributed by atoms with Gasteiger partial charge in [-0.2, -0.15) is 5.10 Å². The summed E-state index contributed by atoms with van der Waals surface area (Å²) in [5.74, 6) is 1.68. The van der Waals surface area contributed by atoms with E-state index in [1.165, 1.54) is 18.1 Å². The number of carbonyl (C=O) groups excluding carboxylic acids is 1. The number of hydrogen-bond acceptors (Lipinski definition) is 7. The number of rotatable bonds is 8. The van der Waals surface area contributed by atoms with Crippen LogP contribution < -0.4 is 10.1 Å². The minimum Gasteiger partial charge on any atom is -0.497 e. The third-order valence-corrected chi connectivity index (χ3v) is 5.84. The molecule has 0 spiro atoms. The summed E-state index contributed by atoms with van der Waals surface area (Å²) < 4.78 is 8.82. The summed E-state index contributed by atoms with van der Waals surface area (Å²) >= 11 is 1.35. The molecule has 0 unspecified atom stereocenters. The number of carbonyl (C=O) groups is 1. The molecule has 0 saturated heterocycles. The van der Waals surface area contributed by atoms with E-state index in [2.05, 4.69) is 25.6 Å². The first-order valence-electron chi connectivity index (χ1n) is 9.98. The van der Waals surface area contributed by atoms with Gasteiger partial charge in [0.15, 0.2) is 5.16 Å². The maximum absolute atomic E-state index is 12.6. The van der Waals surface area contributed by atoms with E-state index < -0.39 is 0 Å². The van der Waals surface area contributed by atoms with Crippen molar-refractivity contribution in [1.29, 1.82) is 0 Å². The molecule has 10 heteroatoms. The normalized spacial score (nSPS) is 11.8. The van der Waals surface area contributed by atoms with Crippen molar-refractivity contribution in [3.63, 3.8) is 0 Å². The quantitative estimate of drug-likeness (QED) is 0.413. The van der Waals surface area contributed by atoms with Gasteiger partial charge < -0.3 is 10.1 Å². The number of aromatic nitrogens is 6. The lowest BCUT2D eigenvalue weighted by atomic mass is 10.1. The van der Waals surface area contributed by atoms with Crippen LogP contribution in [-0.2, 0) is 4.79 Å². The molecule has 1 amide bonds. The van der Waals surface area contributed by atoms with Gasteiger partial charge in [0.2, 0.25) is 5.91 Å². The highest BCUT2D eigenvalue weighted by Crippen LogP contribution is 2.24. The molecule has 2 aromatic heterocycles. The van der Waals surface area contributed by atoms with Crippen LogP contribution in [0.3, 0.4) is 0 Å². The Bertz CT molecular complexity index is 1170. The molecule has 1 N–H and O–H groups in total. The first-order chi connectivity index (χ1) is 15.5. The highest BCUT2D eigenvalue weighted by molar-refractivity contribution is 7.99. The van der Waals surface area contributed by atoms with Crippen molar-refractivity contribution in [1.82, 2.24) is 34.8 Å². The van der Waals surface area contributed by atoms with Gasteiger partial charge in [-0.15, -0.1) is 10.2 Å². The summed E-state index contributed by atoms with van der Waals surface area (Å²) in [6.45, 7) is 3.84. The number of nitrogens with zero attached hydrogens (tertiary/aromatic N) is 6. The molecule has 0 aliphatic heterocycles. The average Bonchev–Trinajstić information content (AvgIpc) is 3.48. The molecule has 9 nitrogen and oxygen atoms in total. The molecule has 0 fully saturated rings. The summed E-state index contributed by atoms with van der Waals surface area (Å²) in [6, 6.07) is 15.3. The molecule has 0 bridgehead atoms. The Kier molecular flexibility index (Phi) is 6.50. The van der Waals surface area contributed by atoms with Gasteiger partial charge in [-0.3, -0.25) is 9.36 Å². The molecule has 32 heavy (non-hydrogen) atoms. The Labute approximate surface area is 189 Å². The zero-order valence-corrected chi connectivity index (χ0v) is 18.8. The molecule has 0 saturated carbocycles. The van der Waals surface area contributed by atoms with Gasteiger partial charge in [-0.05, 0) is 55.8 Å². The van der Waals surface area contributed by atoms with Crippen molar-refractivity contribution in [2.24, 2.45) is 0 Å². The number of methoxy groups -OCH3 is 1. The van der Waals surface area contributed by atoms with Crippen molar-refractivity contribution in [2.75, 3.05) is 12.9 Å². The first kappa shape index (κ1) is 21.6. The van der Waals surface area contributed by atoms with Crippen LogP contribution >= 0.6 is 11.8 Å². The highest BCUT2D eigenvalue weighted by atomic mass is 32.2. The van der Waals surface area contributed by atoms with Crippen LogP contribution in [0.15, 0.2) is 66.3 Å². The van der Waals surface area contributed by atoms with E-state index in [0.29, 0.717) is 5.16 Å². The van der Waals surface area contributed by atoms with Gasteiger partial charge in [0.1, 0.15) is 24.2 Å². The van der Waals surface area contributed by atoms with Gasteiger partial charge in [0, 0.05) is 5.69 Å². The monoisotopic (exact) mass is 449 g/mol. The van der Waals surface area contributed by atoms with E-state index in [-0.39, 0.29) is 17.7 Å². The Morgan fingerprint density at radius 3 is 2.47 bits per heavy atom. The lowest BCUT2D eigenvalue weighted by Gasteiger charge is -2.15. The Morgan fingerprint density at radius 1 is 1.09 bits per heavy atom. The molecule has 2 heterocycles. The fourth-order valence-electron chi connectivity index (χ4n) is 3.22. The first-order valence-corrected chi connectivity index (χ1v) is 11.0. The molecular weight excluding hydrogens is 426 g/mol. The third kappa shape index (κ3) is 4.80. The summed E-state index contributed by atoms with van der Waals surface area (Å²) in [4.78, 5) is 16.5. The number of benzene rings is 2. The molecule has 0 aliphatic carbocycles. The lowest BCUT2D eigenvalue weighted by Crippen LogP contribution is -2.28. The maximum atomic E-state index is 12.6. The van der Waals surface area contributed by atoms with Crippen LogP contribution in [-0.4, -0.2) is 48.3 Å². The topological polar surface area (TPSA) is 99.8 Å². The Balaban J connectivity index is 1.37. The van der Waals surface area contributed by atoms with Gasteiger partial charge in [0.05, 0.1) is 24.6 Å². The largest absolute Gasteiger partial charge is 0.497 e. The highest BCUT2D eigenvalue weighted by Gasteiger charge is 2.15. The molecule has 0 aliphatic rings. The van der Waals surface area contributed by atoms with Gasteiger partial charge in [0.25, 0.3) is 0 Å². The number of ether oxygens (including phenoxy) is 1. The fourth-order valence-corrected chi connectivity index (χ4v) is 4.03. The Hall–Kier alpha value is -3.66. The molecule has 0 radical (unpaired) electrons. The summed E-state index contributed by atoms with van der Waals surface area (Å²) in [7, 11) is 1.63. The van der Waals surface area contributed by atoms with Crippen LogP contribution in [0, 0.1) is 6.92 Å². The number of nitrogens with one attached hydrogen (secondary N) is 1. The average molecular weight is 450 g/mol. The van der Waals surface area contributed by atoms with Crippen LogP contribution in [0.2, 0.25) is 0 Å². The predicted molar refractivity (Wildman–Crippen MR) is 121 cm³/mol. The summed E-state index contributed by atoms with van der Waals surface area (Å²) in [5, 5.41) is 16.2. The second-order valence-corrected chi connectivity index (χ2v) is 8.02. The van der Waals surface area contributed by atoms with Crippen molar-refractivity contribution >= 4 is 17.7 Å². The van der Waals surface area contributed by atoms with Gasteiger partial charge >= 0.3 is 0 Å². The van der Waals surface area contributed by atoms with E-state index in [1.54, 1.807) is 18.1 Å². The predicted octanol–water partition coefficient (Wildman–Crippen LogP) is 3.13. The van der Waals surface area contributed by atoms with Gasteiger partial charge in [-0.25, -0.2) is 9.67 Å². The molecule has 4 rings (SSSR count). The van der Waals surface area contributed by atoms with E-state index in [4.69, 9.17) is 4.74 Å². The van der Waals surface area contributed by atoms with Crippen LogP contribution in [0.4, 0.5) is 0 Å². The number of aryl methyl sites for hydroxylation is 1. The third-order valence-electron chi connectivity index (χ3n) is 4.91. The van der Waals surface area contributed by atoms with Crippen LogP contribution in [0.25, 0.3) is 11.4 Å². The molecule has 1 atom stereocenters. The zero-order valence-electron chi connectivity index (χ0n) is 18.0. The van der Waals surface area contributed by atoms with Crippen molar-refractivity contribution in [2.45, 2.75) is 25.0 Å². The SMILES string of the molecule is COc1ccc(-n2c(C)nnc2SCC(=O)N[C@H](C)c2ccc(-n3cncn3)cc2)cc1. The summed E-state index contributed by atoms with van der Waals surface area (Å²) in [6.07, 6.45) is 3.13. The minimum absolute atomic E-state index is 0.0789. The minimum atomic E-state index is -0.130. The van der Waals surface area contributed by atoms with E-state index >= 15 is 0 Å². The van der Waals surface area contributed by atoms with Gasteiger partial charge in [-0.1, -0.05) is 23.9 Å². The van der Waals surface area contributed by atoms with E-state index in [0.717, 1.165) is 28.5 Å². The number of hydrogen-bond donors (Lipinski definition) is 1. The number of amides is 1. The van der Waals surface area contributed by atoms with Crippen molar-refractivity contribution in [3.05, 3.63) is 72.6 Å². The lowest BCUT2D eigenvalue weighted by molar-refractivity contribution is -0.119. The molecular formula is C22H23N7O2S. The zero-order chi connectivity index (χ0) is 22.5. The fraction of sp³-hybridized carbons (Fsp3) is 0.227. The number of thioether (sulfide) groups is 1. The molecule has 2 aromatic carbocycles. The van der Waals surface area contributed by atoms with E-state index in [1.807, 2.05) is 66.9 Å². The Morgan fingerprint density at radius 2 is 1.81 bits per heavy atom. The summed E-state index contributed by atoms with van der Waals surface area (Å²) in [5.41, 5.74) is 2.83. The van der Waals surface area contributed by atoms with Crippen molar-refractivity contribution in [3.8, 4) is 17.1 Å². The van der Waals surface area contributed by atoms with Crippen molar-refractivity contribution < 1.29 is 9.53 Å². The van der Waals surface area contributed by atoms with Crippen LogP contribution in [0.1, 0.15) is 24.4 Å². The molecule has 164 valence electrons. The second-order valence-electron chi connectivity index (χ2n) is 7.07. The standard InChI is InChI=1S/C22H23N7O2S/c1-15(17-4-6-18(7-5-17)28-14-23-13-24-28)25-21(30)12-32-22-27-26-16(2)29(22)19-8-10-20(31-3)11-9-19/h4-11,13-15H,12H2,1-3H3,(H,25,30)/t15-/m1/s1. The smallest absolute Gasteiger partial charge is 0.230 e. The van der Waals surface area contributed by atoms with Crippen LogP contribution in [0.5, 0.6) is 5.75 Å². The van der Waals surface area contributed by atoms with E-state index in [9.17, 15) is 4.79 Å². The second kappa shape index (κ2) is 9.65. The maximum Gasteiger partial charge on any atom is 0.230 e.